The summed E-state index contributed by atoms with van der Waals surface area (Å²) in [6, 6.07) is 25.0. The zero-order chi connectivity index (χ0) is 18.2. The van der Waals surface area contributed by atoms with Gasteiger partial charge in [-0.15, -0.1) is 24.0 Å². The molecule has 0 saturated carbocycles. The van der Waals surface area contributed by atoms with E-state index in [0.717, 1.165) is 22.7 Å². The van der Waals surface area contributed by atoms with Crippen LogP contribution in [0.3, 0.4) is 0 Å². The van der Waals surface area contributed by atoms with Crippen LogP contribution in [-0.4, -0.2) is 13.1 Å². The van der Waals surface area contributed by atoms with E-state index in [0.29, 0.717) is 18.3 Å². The fraction of sp³-hybridized carbons (Fsp3) is 0.0952. The van der Waals surface area contributed by atoms with Gasteiger partial charge in [-0.1, -0.05) is 48.5 Å². The van der Waals surface area contributed by atoms with Gasteiger partial charge in [0.2, 0.25) is 0 Å². The zero-order valence-electron chi connectivity index (χ0n) is 15.0. The number of nitrogens with two attached hydrogens (primary N) is 1. The molecule has 140 valence electrons. The number of methoxy groups -OCH3 is 1. The summed E-state index contributed by atoms with van der Waals surface area (Å²) in [4.78, 5) is 4.42. The molecule has 0 aliphatic heterocycles. The number of hydrogen-bond acceptors (Lipinski definition) is 3. The molecule has 0 atom stereocenters. The van der Waals surface area contributed by atoms with Crippen molar-refractivity contribution in [3.8, 4) is 17.2 Å². The molecular weight excluding hydrogens is 453 g/mol. The van der Waals surface area contributed by atoms with Gasteiger partial charge in [-0.3, -0.25) is 0 Å². The third kappa shape index (κ3) is 5.89. The number of anilines is 1. The lowest BCUT2D eigenvalue weighted by molar-refractivity contribution is 0.417. The van der Waals surface area contributed by atoms with Crippen LogP contribution in [0.25, 0.3) is 0 Å². The highest BCUT2D eigenvalue weighted by atomic mass is 127. The summed E-state index contributed by atoms with van der Waals surface area (Å²) >= 11 is 0. The first-order valence-electron chi connectivity index (χ1n) is 8.27. The maximum Gasteiger partial charge on any atom is 0.193 e. The Morgan fingerprint density at radius 2 is 1.52 bits per heavy atom. The molecule has 3 N–H and O–H groups in total. The predicted molar refractivity (Wildman–Crippen MR) is 120 cm³/mol. The molecule has 0 aromatic heterocycles. The first-order valence-corrected chi connectivity index (χ1v) is 8.27. The molecule has 0 radical (unpaired) electrons. The highest BCUT2D eigenvalue weighted by Gasteiger charge is 2.05. The van der Waals surface area contributed by atoms with Crippen LogP contribution in [0.2, 0.25) is 0 Å². The fourth-order valence-electron chi connectivity index (χ4n) is 2.45. The lowest BCUT2D eigenvalue weighted by atomic mass is 10.2. The average molecular weight is 475 g/mol. The number of benzene rings is 3. The third-order valence-electron chi connectivity index (χ3n) is 3.73. The van der Waals surface area contributed by atoms with E-state index in [2.05, 4.69) is 10.3 Å². The molecule has 0 amide bonds. The van der Waals surface area contributed by atoms with E-state index in [4.69, 9.17) is 15.2 Å². The second kappa shape index (κ2) is 10.4. The molecule has 0 fully saturated rings. The van der Waals surface area contributed by atoms with Crippen LogP contribution < -0.4 is 20.5 Å². The SMILES string of the molecule is COc1ccccc1NC(N)=NCc1ccccc1Oc1ccccc1.I. The van der Waals surface area contributed by atoms with E-state index in [9.17, 15) is 0 Å². The first-order chi connectivity index (χ1) is 12.8. The molecule has 0 heterocycles. The monoisotopic (exact) mass is 475 g/mol. The van der Waals surface area contributed by atoms with E-state index in [-0.39, 0.29) is 24.0 Å². The van der Waals surface area contributed by atoms with Gasteiger partial charge in [-0.05, 0) is 30.3 Å². The molecule has 0 saturated heterocycles. The van der Waals surface area contributed by atoms with Crippen LogP contribution in [-0.2, 0) is 6.54 Å². The van der Waals surface area contributed by atoms with E-state index < -0.39 is 0 Å². The lowest BCUT2D eigenvalue weighted by Gasteiger charge is -2.11. The summed E-state index contributed by atoms with van der Waals surface area (Å²) in [6.07, 6.45) is 0. The van der Waals surface area contributed by atoms with Crippen molar-refractivity contribution in [2.24, 2.45) is 10.7 Å². The third-order valence-corrected chi connectivity index (χ3v) is 3.73. The molecule has 3 aromatic carbocycles. The number of nitrogens with zero attached hydrogens (tertiary/aromatic N) is 1. The molecule has 3 rings (SSSR count). The molecule has 0 aliphatic rings. The van der Waals surface area contributed by atoms with Crippen molar-refractivity contribution in [2.45, 2.75) is 6.54 Å². The van der Waals surface area contributed by atoms with Gasteiger partial charge in [0.1, 0.15) is 17.2 Å². The normalized spacial score (nSPS) is 10.6. The second-order valence-corrected chi connectivity index (χ2v) is 5.55. The Kier molecular flexibility index (Phi) is 7.94. The number of guanidine groups is 1. The van der Waals surface area contributed by atoms with Gasteiger partial charge in [0.25, 0.3) is 0 Å². The Balaban J connectivity index is 0.00000261. The Labute approximate surface area is 176 Å². The molecule has 5 nitrogen and oxygen atoms in total. The van der Waals surface area contributed by atoms with E-state index in [1.807, 2.05) is 78.9 Å². The van der Waals surface area contributed by atoms with Crippen LogP contribution in [0.15, 0.2) is 83.9 Å². The summed E-state index contributed by atoms with van der Waals surface area (Å²) in [5.41, 5.74) is 7.74. The minimum Gasteiger partial charge on any atom is -0.495 e. The average Bonchev–Trinajstić information content (AvgIpc) is 2.68. The maximum absolute atomic E-state index is 6.02. The number of hydrogen-bond donors (Lipinski definition) is 2. The van der Waals surface area contributed by atoms with E-state index in [1.54, 1.807) is 7.11 Å². The van der Waals surface area contributed by atoms with Crippen molar-refractivity contribution >= 4 is 35.6 Å². The van der Waals surface area contributed by atoms with Gasteiger partial charge < -0.3 is 20.5 Å². The predicted octanol–water partition coefficient (Wildman–Crippen LogP) is 5.03. The van der Waals surface area contributed by atoms with Crippen LogP contribution in [0.4, 0.5) is 5.69 Å². The van der Waals surface area contributed by atoms with Gasteiger partial charge in [0.15, 0.2) is 5.96 Å². The van der Waals surface area contributed by atoms with Gasteiger partial charge in [-0.25, -0.2) is 4.99 Å². The molecule has 3 aromatic rings. The van der Waals surface area contributed by atoms with Crippen molar-refractivity contribution in [2.75, 3.05) is 12.4 Å². The Morgan fingerprint density at radius 3 is 2.26 bits per heavy atom. The van der Waals surface area contributed by atoms with Crippen LogP contribution in [0, 0.1) is 0 Å². The summed E-state index contributed by atoms with van der Waals surface area (Å²) < 4.78 is 11.2. The van der Waals surface area contributed by atoms with Crippen molar-refractivity contribution in [1.29, 1.82) is 0 Å². The zero-order valence-corrected chi connectivity index (χ0v) is 17.3. The van der Waals surface area contributed by atoms with E-state index >= 15 is 0 Å². The quantitative estimate of drug-likeness (QED) is 0.298. The Hall–Kier alpha value is -2.74. The highest BCUT2D eigenvalue weighted by Crippen LogP contribution is 2.26. The van der Waals surface area contributed by atoms with Crippen molar-refractivity contribution in [3.05, 3.63) is 84.4 Å². The van der Waals surface area contributed by atoms with Crippen molar-refractivity contribution in [3.63, 3.8) is 0 Å². The molecule has 0 bridgehead atoms. The molecule has 6 heteroatoms. The van der Waals surface area contributed by atoms with Gasteiger partial charge >= 0.3 is 0 Å². The lowest BCUT2D eigenvalue weighted by Crippen LogP contribution is -2.23. The van der Waals surface area contributed by atoms with Crippen LogP contribution in [0.1, 0.15) is 5.56 Å². The summed E-state index contributed by atoms with van der Waals surface area (Å²) in [5.74, 6) is 2.55. The van der Waals surface area contributed by atoms with E-state index in [1.165, 1.54) is 0 Å². The maximum atomic E-state index is 6.02. The first kappa shape index (κ1) is 20.6. The molecule has 27 heavy (non-hydrogen) atoms. The van der Waals surface area contributed by atoms with Gasteiger partial charge in [-0.2, -0.15) is 0 Å². The van der Waals surface area contributed by atoms with Crippen molar-refractivity contribution in [1.82, 2.24) is 0 Å². The number of nitrogens with one attached hydrogen (secondary N) is 1. The Bertz CT molecular complexity index is 885. The van der Waals surface area contributed by atoms with Crippen LogP contribution >= 0.6 is 24.0 Å². The number of aliphatic imine (C=N–C) groups is 1. The second-order valence-electron chi connectivity index (χ2n) is 5.55. The van der Waals surface area contributed by atoms with Crippen LogP contribution in [0.5, 0.6) is 17.2 Å². The molecule has 0 spiro atoms. The standard InChI is InChI=1S/C21H21N3O2.HI/c1-25-20-14-8-6-12-18(20)24-21(22)23-15-16-9-5-7-13-19(16)26-17-10-3-2-4-11-17;/h2-14H,15H2,1H3,(H3,22,23,24);1H. The highest BCUT2D eigenvalue weighted by molar-refractivity contribution is 14.0. The Morgan fingerprint density at radius 1 is 0.889 bits per heavy atom. The minimum atomic E-state index is 0. The summed E-state index contributed by atoms with van der Waals surface area (Å²) in [5, 5.41) is 3.06. The number of ether oxygens (including phenoxy) is 2. The van der Waals surface area contributed by atoms with Gasteiger partial charge in [0, 0.05) is 5.56 Å². The number of halogens is 1. The van der Waals surface area contributed by atoms with Crippen molar-refractivity contribution < 1.29 is 9.47 Å². The molecular formula is C21H22IN3O2. The smallest absolute Gasteiger partial charge is 0.193 e. The summed E-state index contributed by atoms with van der Waals surface area (Å²) in [7, 11) is 1.62. The minimum absolute atomic E-state index is 0. The number of rotatable bonds is 6. The molecule has 0 unspecified atom stereocenters. The largest absolute Gasteiger partial charge is 0.495 e. The summed E-state index contributed by atoms with van der Waals surface area (Å²) in [6.45, 7) is 0.400. The molecule has 0 aliphatic carbocycles. The number of para-hydroxylation sites is 4. The fourth-order valence-corrected chi connectivity index (χ4v) is 2.45. The topological polar surface area (TPSA) is 68.9 Å². The van der Waals surface area contributed by atoms with Gasteiger partial charge in [0.05, 0.1) is 19.3 Å².